The lowest BCUT2D eigenvalue weighted by molar-refractivity contribution is 0.102. The van der Waals surface area contributed by atoms with Crippen molar-refractivity contribution in [3.8, 4) is 0 Å². The topological polar surface area (TPSA) is 44.9 Å². The maximum atomic E-state index is 12.4. The molecule has 0 aliphatic heterocycles. The lowest BCUT2D eigenvalue weighted by atomic mass is 10.1. The normalized spacial score (nSPS) is 10.8. The zero-order chi connectivity index (χ0) is 15.0. The molecule has 1 amide bonds. The number of carbonyl (C=O) groups excluding carboxylic acids is 1. The van der Waals surface area contributed by atoms with Gasteiger partial charge in [0.25, 0.3) is 5.91 Å². The highest BCUT2D eigenvalue weighted by Gasteiger charge is 2.13. The second-order valence-corrected chi connectivity index (χ2v) is 5.81. The van der Waals surface area contributed by atoms with Crippen molar-refractivity contribution in [3.63, 3.8) is 0 Å². The van der Waals surface area contributed by atoms with Crippen LogP contribution >= 0.6 is 34.8 Å². The van der Waals surface area contributed by atoms with Crippen LogP contribution in [0.15, 0.2) is 42.6 Å². The predicted octanol–water partition coefficient (Wildman–Crippen LogP) is 5.38. The number of benzene rings is 2. The number of fused-ring (bicyclic) bond motifs is 1. The maximum absolute atomic E-state index is 12.4. The zero-order valence-electron chi connectivity index (χ0n) is 10.6. The Labute approximate surface area is 135 Å². The summed E-state index contributed by atoms with van der Waals surface area (Å²) in [6.07, 6.45) is 1.64. The fourth-order valence-electron chi connectivity index (χ4n) is 2.11. The van der Waals surface area contributed by atoms with Crippen LogP contribution in [0, 0.1) is 0 Å². The fourth-order valence-corrected chi connectivity index (χ4v) is 2.80. The molecular formula is C15H9Cl3N2O. The number of anilines is 1. The lowest BCUT2D eigenvalue weighted by Gasteiger charge is -2.06. The highest BCUT2D eigenvalue weighted by molar-refractivity contribution is 6.35. The van der Waals surface area contributed by atoms with E-state index in [-0.39, 0.29) is 5.91 Å². The molecule has 2 N–H and O–H groups in total. The first-order chi connectivity index (χ1) is 10.0. The van der Waals surface area contributed by atoms with Gasteiger partial charge in [0, 0.05) is 37.9 Å². The highest BCUT2D eigenvalue weighted by Crippen LogP contribution is 2.25. The van der Waals surface area contributed by atoms with Gasteiger partial charge in [-0.2, -0.15) is 0 Å². The van der Waals surface area contributed by atoms with Crippen LogP contribution in [0.4, 0.5) is 5.69 Å². The molecule has 0 fully saturated rings. The average Bonchev–Trinajstić information content (AvgIpc) is 2.80. The standard InChI is InChI=1S/C15H9Cl3N2O/c16-8-1-2-14-12(6-8)13(7-19-14)15(21)20-11-4-9(17)3-10(18)5-11/h1-7,19H,(H,20,21). The summed E-state index contributed by atoms with van der Waals surface area (Å²) in [6, 6.07) is 10.2. The molecule has 0 saturated carbocycles. The number of hydrogen-bond donors (Lipinski definition) is 2. The predicted molar refractivity (Wildman–Crippen MR) is 87.7 cm³/mol. The molecule has 0 aliphatic carbocycles. The minimum atomic E-state index is -0.262. The number of amides is 1. The number of H-pyrrole nitrogens is 1. The molecule has 0 spiro atoms. The highest BCUT2D eigenvalue weighted by atomic mass is 35.5. The third-order valence-electron chi connectivity index (χ3n) is 3.01. The van der Waals surface area contributed by atoms with E-state index >= 15 is 0 Å². The Hall–Kier alpha value is -1.68. The monoisotopic (exact) mass is 338 g/mol. The van der Waals surface area contributed by atoms with Gasteiger partial charge in [-0.1, -0.05) is 34.8 Å². The van der Waals surface area contributed by atoms with Crippen molar-refractivity contribution < 1.29 is 4.79 Å². The SMILES string of the molecule is O=C(Nc1cc(Cl)cc(Cl)c1)c1c[nH]c2ccc(Cl)cc12. The fraction of sp³-hybridized carbons (Fsp3) is 0. The Morgan fingerprint density at radius 1 is 0.952 bits per heavy atom. The van der Waals surface area contributed by atoms with Crippen LogP contribution in [-0.2, 0) is 0 Å². The van der Waals surface area contributed by atoms with E-state index in [4.69, 9.17) is 34.8 Å². The van der Waals surface area contributed by atoms with Crippen molar-refractivity contribution in [2.45, 2.75) is 0 Å². The molecule has 0 atom stereocenters. The molecule has 1 aromatic heterocycles. The van der Waals surface area contributed by atoms with Gasteiger partial charge in [0.2, 0.25) is 0 Å². The van der Waals surface area contributed by atoms with Crippen molar-refractivity contribution in [3.05, 3.63) is 63.2 Å². The number of nitrogens with one attached hydrogen (secondary N) is 2. The van der Waals surface area contributed by atoms with Crippen LogP contribution < -0.4 is 5.32 Å². The van der Waals surface area contributed by atoms with Gasteiger partial charge in [0.15, 0.2) is 0 Å². The van der Waals surface area contributed by atoms with Gasteiger partial charge in [0.05, 0.1) is 5.56 Å². The Kier molecular flexibility index (Phi) is 3.81. The van der Waals surface area contributed by atoms with Gasteiger partial charge in [-0.15, -0.1) is 0 Å². The first-order valence-corrected chi connectivity index (χ1v) is 7.20. The van der Waals surface area contributed by atoms with Crippen LogP contribution in [0.2, 0.25) is 15.1 Å². The molecule has 0 unspecified atom stereocenters. The molecule has 2 aromatic carbocycles. The summed E-state index contributed by atoms with van der Waals surface area (Å²) >= 11 is 17.8. The quantitative estimate of drug-likeness (QED) is 0.647. The van der Waals surface area contributed by atoms with E-state index in [0.717, 1.165) is 10.9 Å². The Morgan fingerprint density at radius 3 is 2.38 bits per heavy atom. The number of hydrogen-bond acceptors (Lipinski definition) is 1. The van der Waals surface area contributed by atoms with E-state index in [1.54, 1.807) is 36.5 Å². The van der Waals surface area contributed by atoms with Crippen molar-refractivity contribution in [1.82, 2.24) is 4.98 Å². The molecule has 0 radical (unpaired) electrons. The summed E-state index contributed by atoms with van der Waals surface area (Å²) in [5, 5.41) is 5.01. The second-order valence-electron chi connectivity index (χ2n) is 4.50. The molecule has 0 bridgehead atoms. The number of rotatable bonds is 2. The van der Waals surface area contributed by atoms with Gasteiger partial charge in [-0.05, 0) is 36.4 Å². The van der Waals surface area contributed by atoms with Gasteiger partial charge < -0.3 is 10.3 Å². The average molecular weight is 340 g/mol. The molecule has 0 saturated heterocycles. The lowest BCUT2D eigenvalue weighted by Crippen LogP contribution is -2.11. The molecule has 3 aromatic rings. The minimum absolute atomic E-state index is 0.262. The molecule has 3 rings (SSSR count). The van der Waals surface area contributed by atoms with Gasteiger partial charge in [-0.25, -0.2) is 0 Å². The van der Waals surface area contributed by atoms with E-state index in [9.17, 15) is 4.79 Å². The third kappa shape index (κ3) is 3.00. The summed E-state index contributed by atoms with van der Waals surface area (Å²) in [5.74, 6) is -0.262. The van der Waals surface area contributed by atoms with E-state index < -0.39 is 0 Å². The smallest absolute Gasteiger partial charge is 0.257 e. The van der Waals surface area contributed by atoms with Crippen LogP contribution in [0.1, 0.15) is 10.4 Å². The molecular weight excluding hydrogens is 331 g/mol. The van der Waals surface area contributed by atoms with E-state index in [2.05, 4.69) is 10.3 Å². The van der Waals surface area contributed by atoms with Gasteiger partial charge in [-0.3, -0.25) is 4.79 Å². The van der Waals surface area contributed by atoms with Gasteiger partial charge >= 0.3 is 0 Å². The minimum Gasteiger partial charge on any atom is -0.360 e. The van der Waals surface area contributed by atoms with Crippen molar-refractivity contribution in [1.29, 1.82) is 0 Å². The van der Waals surface area contributed by atoms with Crippen LogP contribution in [-0.4, -0.2) is 10.9 Å². The first kappa shape index (κ1) is 14.3. The number of aromatic nitrogens is 1. The summed E-state index contributed by atoms with van der Waals surface area (Å²) in [6.45, 7) is 0. The van der Waals surface area contributed by atoms with E-state index in [0.29, 0.717) is 26.3 Å². The molecule has 21 heavy (non-hydrogen) atoms. The summed E-state index contributed by atoms with van der Waals surface area (Å²) in [4.78, 5) is 15.4. The van der Waals surface area contributed by atoms with E-state index in [1.165, 1.54) is 0 Å². The molecule has 0 aliphatic rings. The number of aromatic amines is 1. The number of carbonyl (C=O) groups is 1. The van der Waals surface area contributed by atoms with Crippen LogP contribution in [0.25, 0.3) is 10.9 Å². The van der Waals surface area contributed by atoms with Crippen LogP contribution in [0.5, 0.6) is 0 Å². The Balaban J connectivity index is 1.95. The first-order valence-electron chi connectivity index (χ1n) is 6.07. The Bertz CT molecular complexity index is 822. The number of halogens is 3. The zero-order valence-corrected chi connectivity index (χ0v) is 12.9. The maximum Gasteiger partial charge on any atom is 0.257 e. The van der Waals surface area contributed by atoms with Crippen molar-refractivity contribution >= 4 is 57.3 Å². The van der Waals surface area contributed by atoms with E-state index in [1.807, 2.05) is 6.07 Å². The van der Waals surface area contributed by atoms with Crippen LogP contribution in [0.3, 0.4) is 0 Å². The van der Waals surface area contributed by atoms with Crippen molar-refractivity contribution in [2.24, 2.45) is 0 Å². The third-order valence-corrected chi connectivity index (χ3v) is 3.68. The molecule has 1 heterocycles. The van der Waals surface area contributed by atoms with Crippen molar-refractivity contribution in [2.75, 3.05) is 5.32 Å². The largest absolute Gasteiger partial charge is 0.360 e. The Morgan fingerprint density at radius 2 is 1.67 bits per heavy atom. The summed E-state index contributed by atoms with van der Waals surface area (Å²) in [7, 11) is 0. The molecule has 6 heteroatoms. The van der Waals surface area contributed by atoms with Gasteiger partial charge in [0.1, 0.15) is 0 Å². The summed E-state index contributed by atoms with van der Waals surface area (Å²) in [5.41, 5.74) is 1.88. The summed E-state index contributed by atoms with van der Waals surface area (Å²) < 4.78 is 0. The molecule has 106 valence electrons. The molecule has 3 nitrogen and oxygen atoms in total. The second kappa shape index (κ2) is 5.60.